The molecule has 0 aromatic heterocycles. The maximum absolute atomic E-state index is 11.3. The summed E-state index contributed by atoms with van der Waals surface area (Å²) in [6.07, 6.45) is 5.18. The van der Waals surface area contributed by atoms with Gasteiger partial charge in [-0.2, -0.15) is 0 Å². The molecule has 2 aromatic carbocycles. The van der Waals surface area contributed by atoms with Crippen molar-refractivity contribution in [2.24, 2.45) is 5.73 Å². The maximum atomic E-state index is 11.3. The highest BCUT2D eigenvalue weighted by Crippen LogP contribution is 2.39. The van der Waals surface area contributed by atoms with E-state index in [2.05, 4.69) is 30.3 Å². The molecule has 0 aliphatic heterocycles. The van der Waals surface area contributed by atoms with Crippen LogP contribution in [-0.2, 0) is 0 Å². The summed E-state index contributed by atoms with van der Waals surface area (Å²) in [5.41, 5.74) is 9.69. The van der Waals surface area contributed by atoms with Gasteiger partial charge in [0.25, 0.3) is 0 Å². The Morgan fingerprint density at radius 1 is 1.00 bits per heavy atom. The Morgan fingerprint density at radius 3 is 2.50 bits per heavy atom. The molecule has 1 aliphatic rings. The van der Waals surface area contributed by atoms with Crippen molar-refractivity contribution in [3.05, 3.63) is 59.7 Å². The van der Waals surface area contributed by atoms with Crippen molar-refractivity contribution in [1.82, 2.24) is 0 Å². The SMILES string of the molecule is NC(=O)c1cccc(-c2ccccc2C2CCCC2)c1. The van der Waals surface area contributed by atoms with Crippen molar-refractivity contribution in [3.8, 4) is 11.1 Å². The average Bonchev–Trinajstić information content (AvgIpc) is 3.01. The Morgan fingerprint density at radius 2 is 1.75 bits per heavy atom. The van der Waals surface area contributed by atoms with Crippen molar-refractivity contribution in [3.63, 3.8) is 0 Å². The van der Waals surface area contributed by atoms with Gasteiger partial charge in [-0.05, 0) is 47.6 Å². The molecule has 0 radical (unpaired) electrons. The first-order valence-electron chi connectivity index (χ1n) is 7.25. The van der Waals surface area contributed by atoms with Crippen LogP contribution in [0.15, 0.2) is 48.5 Å². The van der Waals surface area contributed by atoms with Gasteiger partial charge < -0.3 is 5.73 Å². The van der Waals surface area contributed by atoms with Gasteiger partial charge in [-0.15, -0.1) is 0 Å². The lowest BCUT2D eigenvalue weighted by atomic mass is 9.89. The first-order chi connectivity index (χ1) is 9.75. The van der Waals surface area contributed by atoms with E-state index in [0.717, 1.165) is 5.56 Å². The van der Waals surface area contributed by atoms with Crippen LogP contribution in [0, 0.1) is 0 Å². The Bertz CT molecular complexity index is 627. The van der Waals surface area contributed by atoms with Crippen LogP contribution in [0.2, 0.25) is 0 Å². The average molecular weight is 265 g/mol. The molecule has 3 rings (SSSR count). The first-order valence-corrected chi connectivity index (χ1v) is 7.25. The smallest absolute Gasteiger partial charge is 0.248 e. The lowest BCUT2D eigenvalue weighted by Crippen LogP contribution is -2.10. The van der Waals surface area contributed by atoms with Gasteiger partial charge in [0.1, 0.15) is 0 Å². The predicted molar refractivity (Wildman–Crippen MR) is 81.6 cm³/mol. The van der Waals surface area contributed by atoms with Crippen LogP contribution in [0.1, 0.15) is 47.5 Å². The van der Waals surface area contributed by atoms with Gasteiger partial charge in [0.05, 0.1) is 0 Å². The molecule has 0 heterocycles. The van der Waals surface area contributed by atoms with E-state index in [9.17, 15) is 4.79 Å². The highest BCUT2D eigenvalue weighted by molar-refractivity contribution is 5.94. The fraction of sp³-hybridized carbons (Fsp3) is 0.278. The molecule has 2 nitrogen and oxygen atoms in total. The molecule has 102 valence electrons. The molecule has 2 aromatic rings. The molecule has 2 heteroatoms. The van der Waals surface area contributed by atoms with Gasteiger partial charge >= 0.3 is 0 Å². The second-order valence-corrected chi connectivity index (χ2v) is 5.51. The van der Waals surface area contributed by atoms with E-state index in [1.807, 2.05) is 12.1 Å². The topological polar surface area (TPSA) is 43.1 Å². The van der Waals surface area contributed by atoms with E-state index < -0.39 is 0 Å². The quantitative estimate of drug-likeness (QED) is 0.891. The number of benzene rings is 2. The fourth-order valence-electron chi connectivity index (χ4n) is 3.19. The van der Waals surface area contributed by atoms with Crippen molar-refractivity contribution < 1.29 is 4.79 Å². The van der Waals surface area contributed by atoms with E-state index in [-0.39, 0.29) is 5.91 Å². The number of nitrogens with two attached hydrogens (primary N) is 1. The Balaban J connectivity index is 2.05. The molecule has 0 spiro atoms. The standard InChI is InChI=1S/C18H19NO/c19-18(20)15-9-5-8-14(12-15)17-11-4-3-10-16(17)13-6-1-2-7-13/h3-5,8-13H,1-2,6-7H2,(H2,19,20). The van der Waals surface area contributed by atoms with Crippen molar-refractivity contribution in [2.75, 3.05) is 0 Å². The lowest BCUT2D eigenvalue weighted by Gasteiger charge is -2.15. The molecule has 0 atom stereocenters. The minimum atomic E-state index is -0.370. The van der Waals surface area contributed by atoms with Crippen molar-refractivity contribution in [2.45, 2.75) is 31.6 Å². The van der Waals surface area contributed by atoms with Gasteiger partial charge in [-0.25, -0.2) is 0 Å². The molecule has 2 N–H and O–H groups in total. The summed E-state index contributed by atoms with van der Waals surface area (Å²) < 4.78 is 0. The molecule has 1 aliphatic carbocycles. The third kappa shape index (κ3) is 2.46. The highest BCUT2D eigenvalue weighted by atomic mass is 16.1. The number of hydrogen-bond acceptors (Lipinski definition) is 1. The third-order valence-electron chi connectivity index (χ3n) is 4.21. The molecule has 0 saturated heterocycles. The molecule has 0 unspecified atom stereocenters. The Kier molecular flexibility index (Phi) is 3.55. The Hall–Kier alpha value is -2.09. The number of hydrogen-bond donors (Lipinski definition) is 1. The van der Waals surface area contributed by atoms with E-state index in [1.165, 1.54) is 36.8 Å². The van der Waals surface area contributed by atoms with Crippen molar-refractivity contribution >= 4 is 5.91 Å². The predicted octanol–water partition coefficient (Wildman–Crippen LogP) is 4.11. The summed E-state index contributed by atoms with van der Waals surface area (Å²) in [4.78, 5) is 11.3. The first kappa shape index (κ1) is 12.9. The molecule has 1 saturated carbocycles. The zero-order chi connectivity index (χ0) is 13.9. The monoisotopic (exact) mass is 265 g/mol. The fourth-order valence-corrected chi connectivity index (χ4v) is 3.19. The van der Waals surface area contributed by atoms with E-state index in [1.54, 1.807) is 6.07 Å². The zero-order valence-electron chi connectivity index (χ0n) is 11.5. The number of carbonyl (C=O) groups is 1. The van der Waals surface area contributed by atoms with Gasteiger partial charge in [-0.3, -0.25) is 4.79 Å². The molecule has 1 amide bonds. The summed E-state index contributed by atoms with van der Waals surface area (Å²) in [5.74, 6) is 0.286. The number of primary amides is 1. The van der Waals surface area contributed by atoms with Crippen LogP contribution >= 0.6 is 0 Å². The second kappa shape index (κ2) is 5.49. The molecule has 0 bridgehead atoms. The number of rotatable bonds is 3. The molecular weight excluding hydrogens is 246 g/mol. The third-order valence-corrected chi connectivity index (χ3v) is 4.21. The summed E-state index contributed by atoms with van der Waals surface area (Å²) in [7, 11) is 0. The summed E-state index contributed by atoms with van der Waals surface area (Å²) in [5, 5.41) is 0. The summed E-state index contributed by atoms with van der Waals surface area (Å²) in [6.45, 7) is 0. The minimum absolute atomic E-state index is 0.370. The van der Waals surface area contributed by atoms with E-state index in [0.29, 0.717) is 11.5 Å². The van der Waals surface area contributed by atoms with Gasteiger partial charge in [0, 0.05) is 5.56 Å². The van der Waals surface area contributed by atoms with Crippen LogP contribution in [0.25, 0.3) is 11.1 Å². The Labute approximate surface area is 119 Å². The largest absolute Gasteiger partial charge is 0.366 e. The van der Waals surface area contributed by atoms with E-state index >= 15 is 0 Å². The van der Waals surface area contributed by atoms with Crippen LogP contribution in [-0.4, -0.2) is 5.91 Å². The normalized spacial score (nSPS) is 15.4. The minimum Gasteiger partial charge on any atom is -0.366 e. The van der Waals surface area contributed by atoms with Crippen LogP contribution in [0.3, 0.4) is 0 Å². The van der Waals surface area contributed by atoms with Gasteiger partial charge in [-0.1, -0.05) is 49.2 Å². The summed E-state index contributed by atoms with van der Waals surface area (Å²) >= 11 is 0. The number of amides is 1. The molecule has 20 heavy (non-hydrogen) atoms. The van der Waals surface area contributed by atoms with E-state index in [4.69, 9.17) is 5.73 Å². The summed E-state index contributed by atoms with van der Waals surface area (Å²) in [6, 6.07) is 16.2. The highest BCUT2D eigenvalue weighted by Gasteiger charge is 2.20. The lowest BCUT2D eigenvalue weighted by molar-refractivity contribution is 0.100. The zero-order valence-corrected chi connectivity index (χ0v) is 11.5. The van der Waals surface area contributed by atoms with Crippen LogP contribution < -0.4 is 5.73 Å². The number of carbonyl (C=O) groups excluding carboxylic acids is 1. The molecular formula is C18H19NO. The van der Waals surface area contributed by atoms with Crippen molar-refractivity contribution in [1.29, 1.82) is 0 Å². The maximum Gasteiger partial charge on any atom is 0.248 e. The second-order valence-electron chi connectivity index (χ2n) is 5.51. The molecule has 1 fully saturated rings. The van der Waals surface area contributed by atoms with Gasteiger partial charge in [0.15, 0.2) is 0 Å². The van der Waals surface area contributed by atoms with Gasteiger partial charge in [0.2, 0.25) is 5.91 Å². The van der Waals surface area contributed by atoms with Crippen LogP contribution in [0.5, 0.6) is 0 Å². The van der Waals surface area contributed by atoms with Crippen LogP contribution in [0.4, 0.5) is 0 Å².